The van der Waals surface area contributed by atoms with Crippen molar-refractivity contribution in [1.29, 1.82) is 0 Å². The quantitative estimate of drug-likeness (QED) is 0.791. The molecule has 2 heterocycles. The van der Waals surface area contributed by atoms with E-state index in [9.17, 15) is 4.79 Å². The number of carbonyl (C=O) groups is 1. The van der Waals surface area contributed by atoms with Crippen molar-refractivity contribution in [2.75, 3.05) is 32.7 Å². The van der Waals surface area contributed by atoms with Crippen LogP contribution in [0.5, 0.6) is 0 Å². The molecule has 19 heavy (non-hydrogen) atoms. The average molecular weight is 278 g/mol. The van der Waals surface area contributed by atoms with Gasteiger partial charge in [-0.05, 0) is 24.3 Å². The number of thiophene rings is 1. The molecule has 1 aliphatic carbocycles. The Hall–Kier alpha value is -0.710. The Bertz CT molecular complexity index is 404. The summed E-state index contributed by atoms with van der Waals surface area (Å²) in [5.74, 6) is 0.282. The molecule has 1 aromatic rings. The standard InChI is InChI=1S/C15H22N2OS/c18-14(15-6-3-11-19-15)12-16-7-9-17(10-8-16)13-4-1-2-5-13/h3,6,11,13H,1-2,4-5,7-10,12H2. The van der Waals surface area contributed by atoms with E-state index in [1.54, 1.807) is 11.3 Å². The molecule has 0 radical (unpaired) electrons. The third-order valence-electron chi connectivity index (χ3n) is 4.41. The van der Waals surface area contributed by atoms with Crippen molar-refractivity contribution < 1.29 is 4.79 Å². The van der Waals surface area contributed by atoms with Gasteiger partial charge in [0.15, 0.2) is 5.78 Å². The van der Waals surface area contributed by atoms with Gasteiger partial charge in [0.2, 0.25) is 0 Å². The molecule has 3 rings (SSSR count). The fourth-order valence-corrected chi connectivity index (χ4v) is 3.93. The van der Waals surface area contributed by atoms with E-state index < -0.39 is 0 Å². The molecule has 1 aliphatic heterocycles. The Kier molecular flexibility index (Phi) is 4.31. The lowest BCUT2D eigenvalue weighted by molar-refractivity contribution is 0.0778. The number of piperazine rings is 1. The molecule has 3 nitrogen and oxygen atoms in total. The second-order valence-electron chi connectivity index (χ2n) is 5.65. The summed E-state index contributed by atoms with van der Waals surface area (Å²) >= 11 is 1.55. The molecule has 4 heteroatoms. The van der Waals surface area contributed by atoms with Gasteiger partial charge in [0.05, 0.1) is 11.4 Å². The monoisotopic (exact) mass is 278 g/mol. The van der Waals surface area contributed by atoms with E-state index in [4.69, 9.17) is 0 Å². The van der Waals surface area contributed by atoms with Gasteiger partial charge in [-0.15, -0.1) is 11.3 Å². The van der Waals surface area contributed by atoms with Gasteiger partial charge in [-0.1, -0.05) is 18.9 Å². The van der Waals surface area contributed by atoms with Gasteiger partial charge in [-0.3, -0.25) is 14.6 Å². The molecule has 0 bridgehead atoms. The third kappa shape index (κ3) is 3.25. The predicted octanol–water partition coefficient (Wildman–Crippen LogP) is 2.49. The zero-order chi connectivity index (χ0) is 13.1. The van der Waals surface area contributed by atoms with Crippen molar-refractivity contribution >= 4 is 17.1 Å². The molecule has 0 unspecified atom stereocenters. The first-order chi connectivity index (χ1) is 9.33. The molecule has 0 spiro atoms. The van der Waals surface area contributed by atoms with Crippen LogP contribution in [-0.4, -0.2) is 54.3 Å². The van der Waals surface area contributed by atoms with Crippen molar-refractivity contribution in [3.05, 3.63) is 22.4 Å². The lowest BCUT2D eigenvalue weighted by Gasteiger charge is -2.37. The summed E-state index contributed by atoms with van der Waals surface area (Å²) in [6, 6.07) is 4.72. The first kappa shape index (κ1) is 13.3. The fraction of sp³-hybridized carbons (Fsp3) is 0.667. The summed E-state index contributed by atoms with van der Waals surface area (Å²) in [7, 11) is 0. The summed E-state index contributed by atoms with van der Waals surface area (Å²) in [4.78, 5) is 17.9. The highest BCUT2D eigenvalue weighted by Gasteiger charge is 2.26. The van der Waals surface area contributed by atoms with Crippen LogP contribution in [0.4, 0.5) is 0 Å². The Balaban J connectivity index is 1.46. The first-order valence-corrected chi connectivity index (χ1v) is 8.24. The minimum Gasteiger partial charge on any atom is -0.298 e. The molecule has 0 N–H and O–H groups in total. The van der Waals surface area contributed by atoms with E-state index in [0.29, 0.717) is 6.54 Å². The van der Waals surface area contributed by atoms with Crippen LogP contribution in [0.3, 0.4) is 0 Å². The van der Waals surface area contributed by atoms with Gasteiger partial charge in [0.25, 0.3) is 0 Å². The van der Waals surface area contributed by atoms with Crippen LogP contribution < -0.4 is 0 Å². The predicted molar refractivity (Wildman–Crippen MR) is 78.9 cm³/mol. The summed E-state index contributed by atoms with van der Waals surface area (Å²) in [5.41, 5.74) is 0. The Morgan fingerprint density at radius 1 is 1.21 bits per heavy atom. The Labute approximate surface area is 119 Å². The van der Waals surface area contributed by atoms with Crippen molar-refractivity contribution in [2.24, 2.45) is 0 Å². The molecule has 1 aromatic heterocycles. The maximum Gasteiger partial charge on any atom is 0.186 e. The zero-order valence-electron chi connectivity index (χ0n) is 11.4. The fourth-order valence-electron chi connectivity index (χ4n) is 3.27. The van der Waals surface area contributed by atoms with E-state index in [2.05, 4.69) is 9.80 Å². The highest BCUT2D eigenvalue weighted by molar-refractivity contribution is 7.12. The number of carbonyl (C=O) groups excluding carboxylic acids is 1. The van der Waals surface area contributed by atoms with Crippen molar-refractivity contribution in [3.63, 3.8) is 0 Å². The van der Waals surface area contributed by atoms with Crippen LogP contribution >= 0.6 is 11.3 Å². The van der Waals surface area contributed by atoms with E-state index in [0.717, 1.165) is 37.1 Å². The second kappa shape index (κ2) is 6.16. The van der Waals surface area contributed by atoms with Gasteiger partial charge in [-0.25, -0.2) is 0 Å². The van der Waals surface area contributed by atoms with Crippen LogP contribution in [0.25, 0.3) is 0 Å². The van der Waals surface area contributed by atoms with E-state index in [-0.39, 0.29) is 5.78 Å². The molecule has 2 fully saturated rings. The topological polar surface area (TPSA) is 23.6 Å². The summed E-state index contributed by atoms with van der Waals surface area (Å²) < 4.78 is 0. The number of nitrogens with zero attached hydrogens (tertiary/aromatic N) is 2. The van der Waals surface area contributed by atoms with Gasteiger partial charge in [0.1, 0.15) is 0 Å². The van der Waals surface area contributed by atoms with Gasteiger partial charge < -0.3 is 0 Å². The number of hydrogen-bond acceptors (Lipinski definition) is 4. The SMILES string of the molecule is O=C(CN1CCN(C2CCCC2)CC1)c1cccs1. The summed E-state index contributed by atoms with van der Waals surface area (Å²) in [5, 5.41) is 1.98. The van der Waals surface area contributed by atoms with Gasteiger partial charge in [0, 0.05) is 32.2 Å². The highest BCUT2D eigenvalue weighted by Crippen LogP contribution is 2.24. The molecule has 1 saturated carbocycles. The van der Waals surface area contributed by atoms with Crippen LogP contribution in [0.2, 0.25) is 0 Å². The van der Waals surface area contributed by atoms with Crippen molar-refractivity contribution in [3.8, 4) is 0 Å². The first-order valence-electron chi connectivity index (χ1n) is 7.36. The molecule has 2 aliphatic rings. The number of rotatable bonds is 4. The molecular weight excluding hydrogens is 256 g/mol. The highest BCUT2D eigenvalue weighted by atomic mass is 32.1. The largest absolute Gasteiger partial charge is 0.298 e. The van der Waals surface area contributed by atoms with Crippen molar-refractivity contribution in [2.45, 2.75) is 31.7 Å². The maximum absolute atomic E-state index is 12.1. The van der Waals surface area contributed by atoms with Gasteiger partial charge >= 0.3 is 0 Å². The normalized spacial score (nSPS) is 22.9. The number of Topliss-reactive ketones (excluding diaryl/α,β-unsaturated/α-hetero) is 1. The van der Waals surface area contributed by atoms with E-state index in [1.807, 2.05) is 17.5 Å². The van der Waals surface area contributed by atoms with Crippen LogP contribution in [-0.2, 0) is 0 Å². The van der Waals surface area contributed by atoms with Crippen LogP contribution in [0, 0.1) is 0 Å². The lowest BCUT2D eigenvalue weighted by atomic mass is 10.1. The smallest absolute Gasteiger partial charge is 0.186 e. The van der Waals surface area contributed by atoms with Crippen LogP contribution in [0.15, 0.2) is 17.5 Å². The second-order valence-corrected chi connectivity index (χ2v) is 6.60. The van der Waals surface area contributed by atoms with E-state index in [1.165, 1.54) is 25.7 Å². The molecular formula is C15H22N2OS. The van der Waals surface area contributed by atoms with E-state index >= 15 is 0 Å². The molecule has 104 valence electrons. The average Bonchev–Trinajstić information content (AvgIpc) is 3.13. The molecule has 0 aromatic carbocycles. The third-order valence-corrected chi connectivity index (χ3v) is 5.32. The summed E-state index contributed by atoms with van der Waals surface area (Å²) in [6.07, 6.45) is 5.58. The lowest BCUT2D eigenvalue weighted by Crippen LogP contribution is -2.50. The zero-order valence-corrected chi connectivity index (χ0v) is 12.2. The maximum atomic E-state index is 12.1. The Morgan fingerprint density at radius 3 is 2.58 bits per heavy atom. The van der Waals surface area contributed by atoms with Crippen molar-refractivity contribution in [1.82, 2.24) is 9.80 Å². The van der Waals surface area contributed by atoms with Crippen LogP contribution in [0.1, 0.15) is 35.4 Å². The molecule has 0 atom stereocenters. The minimum atomic E-state index is 0.282. The molecule has 1 saturated heterocycles. The Morgan fingerprint density at radius 2 is 1.95 bits per heavy atom. The number of ketones is 1. The summed E-state index contributed by atoms with van der Waals surface area (Å²) in [6.45, 7) is 4.98. The van der Waals surface area contributed by atoms with Gasteiger partial charge in [-0.2, -0.15) is 0 Å². The minimum absolute atomic E-state index is 0.282. The molecule has 0 amide bonds. The number of hydrogen-bond donors (Lipinski definition) is 0.